The number of hydrogen-bond donors (Lipinski definition) is 0. The van der Waals surface area contributed by atoms with Gasteiger partial charge in [0.15, 0.2) is 0 Å². The van der Waals surface area contributed by atoms with Crippen LogP contribution >= 0.6 is 0 Å². The van der Waals surface area contributed by atoms with Crippen LogP contribution in [0.1, 0.15) is 124 Å². The summed E-state index contributed by atoms with van der Waals surface area (Å²) in [6.45, 7) is 20.2. The maximum Gasteiger partial charge on any atom is 0.417 e. The van der Waals surface area contributed by atoms with Gasteiger partial charge in [-0.3, -0.25) is 0 Å². The molecule has 0 aromatic heterocycles. The second-order valence-electron chi connectivity index (χ2n) is 17.1. The second-order valence-corrected chi connectivity index (χ2v) is 17.1. The average Bonchev–Trinajstić information content (AvgIpc) is 3.36. The minimum absolute atomic E-state index is 0.0256. The monoisotopic (exact) mass is 1200 g/mol. The van der Waals surface area contributed by atoms with Crippen molar-refractivity contribution >= 4 is 27.1 Å². The zero-order valence-corrected chi connectivity index (χ0v) is 46.8. The highest BCUT2D eigenvalue weighted by molar-refractivity contribution is 6.21. The highest BCUT2D eigenvalue weighted by Crippen LogP contribution is 2.49. The molecule has 0 N–H and O–H groups in total. The van der Waals surface area contributed by atoms with E-state index >= 15 is 0 Å². The third-order valence-electron chi connectivity index (χ3n) is 11.5. The predicted molar refractivity (Wildman–Crippen MR) is 282 cm³/mol. The van der Waals surface area contributed by atoms with Crippen LogP contribution in [0.15, 0.2) is 113 Å². The Kier molecular flexibility index (Phi) is 28.4. The van der Waals surface area contributed by atoms with Crippen LogP contribution in [-0.2, 0) is 25.2 Å². The minimum atomic E-state index is -5.40. The number of alkyl halides is 22. The molecule has 82 heavy (non-hydrogen) atoms. The lowest BCUT2D eigenvalue weighted by Gasteiger charge is -2.23. The molecule has 456 valence electrons. The highest BCUT2D eigenvalue weighted by atomic mass is 19.4. The lowest BCUT2D eigenvalue weighted by Crippen LogP contribution is -2.16. The number of hydrogen-bond acceptors (Lipinski definition) is 0. The molecule has 0 spiro atoms. The van der Waals surface area contributed by atoms with Crippen molar-refractivity contribution in [2.45, 2.75) is 153 Å². The van der Waals surface area contributed by atoms with E-state index in [1.807, 2.05) is 41.5 Å². The largest absolute Gasteiger partial charge is 0.417 e. The van der Waals surface area contributed by atoms with Crippen LogP contribution in [0.25, 0.3) is 49.4 Å². The van der Waals surface area contributed by atoms with Crippen molar-refractivity contribution in [1.82, 2.24) is 0 Å². The molecule has 0 bridgehead atoms. The van der Waals surface area contributed by atoms with Gasteiger partial charge in [-0.15, -0.1) is 12.3 Å². The van der Waals surface area contributed by atoms with Crippen molar-refractivity contribution in [2.75, 3.05) is 0 Å². The standard InChI is InChI=1S/C41H28F16.C10H12F6.C3H4.3C2H6/c1-20(4-7-24(38(46,47)48)14-15-37(43,44)45)22(3)26-12-13-30-31(27-10-6-23(19-42)16-33(27)40(52,53)54)18-32(29-9-5-21(2)35(26)36(29)30)28-11-8-25(39(49,50)51)17-34(28)41(55,56)57;1-4-7(9(11,12)13)5-8(6(2)3)10(14,15)16;1-3-2;3*1-2/h4-14,16-18,20H,15,19H2,1-3H3;5H,4H2,1-3H3;1H,2H3;3*1-2H3/b7-4-,24-14+,26-22+;7-5+;;;;. The summed E-state index contributed by atoms with van der Waals surface area (Å²) >= 11 is 0. The van der Waals surface area contributed by atoms with E-state index in [0.29, 0.717) is 35.4 Å². The first kappa shape index (κ1) is 75.6. The van der Waals surface area contributed by atoms with E-state index in [4.69, 9.17) is 0 Å². The molecule has 0 heterocycles. The summed E-state index contributed by atoms with van der Waals surface area (Å²) in [5.74, 6) is 1.30. The van der Waals surface area contributed by atoms with Crippen molar-refractivity contribution in [3.05, 3.63) is 146 Å². The summed E-state index contributed by atoms with van der Waals surface area (Å²) in [6, 6.07) is 9.82. The number of halogens is 22. The highest BCUT2D eigenvalue weighted by Gasteiger charge is 2.41. The molecule has 0 aliphatic rings. The summed E-state index contributed by atoms with van der Waals surface area (Å²) in [5.41, 5.74) is -10.8. The lowest BCUT2D eigenvalue weighted by atomic mass is 9.82. The van der Waals surface area contributed by atoms with Crippen molar-refractivity contribution in [2.24, 2.45) is 5.92 Å². The zero-order chi connectivity index (χ0) is 64.5. The molecule has 0 aliphatic heterocycles. The quantitative estimate of drug-likeness (QED) is 0.0784. The summed E-state index contributed by atoms with van der Waals surface area (Å²) < 4.78 is 295. The summed E-state index contributed by atoms with van der Waals surface area (Å²) in [6.07, 6.45) is -31.5. The molecule has 5 rings (SSSR count). The maximum absolute atomic E-state index is 14.6. The van der Waals surface area contributed by atoms with Crippen LogP contribution in [0.5, 0.6) is 0 Å². The molecule has 0 saturated carbocycles. The molecule has 5 aromatic rings. The Hall–Kier alpha value is -6.40. The summed E-state index contributed by atoms with van der Waals surface area (Å²) in [4.78, 5) is 0. The van der Waals surface area contributed by atoms with Crippen molar-refractivity contribution in [3.63, 3.8) is 0 Å². The van der Waals surface area contributed by atoms with Gasteiger partial charge in [0.05, 0.1) is 34.3 Å². The van der Waals surface area contributed by atoms with Gasteiger partial charge < -0.3 is 0 Å². The fourth-order valence-corrected chi connectivity index (χ4v) is 7.73. The van der Waals surface area contributed by atoms with Crippen molar-refractivity contribution in [3.8, 4) is 34.6 Å². The van der Waals surface area contributed by atoms with E-state index < -0.39 is 119 Å². The van der Waals surface area contributed by atoms with E-state index in [-0.39, 0.29) is 61.7 Å². The number of allylic oxidation sites excluding steroid dienone is 8. The number of aryl methyl sites for hydroxylation is 1. The maximum atomic E-state index is 14.6. The normalized spacial score (nSPS) is 13.4. The van der Waals surface area contributed by atoms with Crippen LogP contribution in [0, 0.1) is 25.2 Å². The smallest absolute Gasteiger partial charge is 0.246 e. The minimum Gasteiger partial charge on any atom is -0.246 e. The molecule has 0 fully saturated rings. The van der Waals surface area contributed by atoms with Crippen LogP contribution in [-0.4, -0.2) is 24.7 Å². The molecule has 1 unspecified atom stereocenters. The van der Waals surface area contributed by atoms with Gasteiger partial charge in [-0.1, -0.05) is 127 Å². The van der Waals surface area contributed by atoms with Gasteiger partial charge in [-0.25, -0.2) is 4.39 Å². The molecule has 1 atom stereocenters. The first-order valence-corrected chi connectivity index (χ1v) is 25.0. The molecule has 0 aliphatic carbocycles. The summed E-state index contributed by atoms with van der Waals surface area (Å²) in [5, 5.41) is 0.503. The van der Waals surface area contributed by atoms with Gasteiger partial charge >= 0.3 is 43.2 Å². The summed E-state index contributed by atoms with van der Waals surface area (Å²) in [7, 11) is 0. The first-order valence-electron chi connectivity index (χ1n) is 25.0. The van der Waals surface area contributed by atoms with Gasteiger partial charge in [-0.2, -0.15) is 92.2 Å². The molecule has 22 heteroatoms. The zero-order valence-electron chi connectivity index (χ0n) is 46.8. The van der Waals surface area contributed by atoms with Gasteiger partial charge in [0.25, 0.3) is 0 Å². The van der Waals surface area contributed by atoms with Gasteiger partial charge in [0.1, 0.15) is 6.67 Å². The Morgan fingerprint density at radius 1 is 0.573 bits per heavy atom. The van der Waals surface area contributed by atoms with Crippen LogP contribution in [0.4, 0.5) is 96.6 Å². The van der Waals surface area contributed by atoms with E-state index in [1.165, 1.54) is 45.0 Å². The van der Waals surface area contributed by atoms with E-state index in [1.54, 1.807) is 6.92 Å². The Morgan fingerprint density at radius 2 is 1.04 bits per heavy atom. The third-order valence-corrected chi connectivity index (χ3v) is 11.5. The van der Waals surface area contributed by atoms with E-state index in [9.17, 15) is 96.6 Å². The Balaban J connectivity index is 0.00000221. The van der Waals surface area contributed by atoms with E-state index in [2.05, 4.69) is 12.3 Å². The first-order chi connectivity index (χ1) is 37.5. The van der Waals surface area contributed by atoms with Gasteiger partial charge in [-0.05, 0) is 137 Å². The van der Waals surface area contributed by atoms with Crippen LogP contribution in [0.3, 0.4) is 0 Å². The van der Waals surface area contributed by atoms with Crippen molar-refractivity contribution < 1.29 is 96.6 Å². The Bertz CT molecular complexity index is 3090. The molecular formula is C60H62F22. The number of rotatable bonds is 9. The average molecular weight is 1200 g/mol. The topological polar surface area (TPSA) is 0 Å². The molecule has 0 amide bonds. The SMILES string of the molecule is C#CC.C/C(=c1/ccc2c(-c3ccc(CF)cc3C(F)(F)F)cc(-c3ccc(C(F)(F)F)cc3C(F)(F)F)c3ccc(C)c1c23)C(C)/C=C\C(=C/CC(F)(F)F)C(F)(F)F.CC.CC.CC.CC/C(=C\C(=C(C)C)C(F)(F)F)C(F)(F)F. The lowest BCUT2D eigenvalue weighted by molar-refractivity contribution is -0.143. The fraction of sp³-hybridized carbons (Fsp3) is 0.400. The predicted octanol–water partition coefficient (Wildman–Crippen LogP) is 23.2. The molecule has 0 radical (unpaired) electrons. The van der Waals surface area contributed by atoms with Gasteiger partial charge in [0.2, 0.25) is 0 Å². The molecular weight excluding hydrogens is 1140 g/mol. The Morgan fingerprint density at radius 3 is 1.43 bits per heavy atom. The fourth-order valence-electron chi connectivity index (χ4n) is 7.73. The number of benzene rings is 5. The van der Waals surface area contributed by atoms with Crippen LogP contribution in [0.2, 0.25) is 0 Å². The van der Waals surface area contributed by atoms with E-state index in [0.717, 1.165) is 45.0 Å². The third kappa shape index (κ3) is 20.8. The van der Waals surface area contributed by atoms with Gasteiger partial charge in [0, 0.05) is 5.57 Å². The van der Waals surface area contributed by atoms with Crippen molar-refractivity contribution in [1.29, 1.82) is 0 Å². The molecule has 0 nitrogen and oxygen atoms in total. The molecule has 5 aromatic carbocycles. The Labute approximate surface area is 462 Å². The molecule has 0 saturated heterocycles. The van der Waals surface area contributed by atoms with Crippen LogP contribution < -0.4 is 5.22 Å². The number of terminal acetylenes is 1. The second kappa shape index (κ2) is 30.8.